The second-order valence-electron chi connectivity index (χ2n) is 3.33. The Kier molecular flexibility index (Phi) is 4.23. The van der Waals surface area contributed by atoms with Gasteiger partial charge in [0.1, 0.15) is 11.6 Å². The van der Waals surface area contributed by atoms with Gasteiger partial charge in [-0.1, -0.05) is 0 Å². The predicted molar refractivity (Wildman–Crippen MR) is 73.8 cm³/mol. The van der Waals surface area contributed by atoms with E-state index in [0.717, 1.165) is 21.5 Å². The summed E-state index contributed by atoms with van der Waals surface area (Å²) in [6.07, 6.45) is 0. The molecule has 1 unspecified atom stereocenters. The van der Waals surface area contributed by atoms with Crippen LogP contribution in [0.3, 0.4) is 0 Å². The van der Waals surface area contributed by atoms with Gasteiger partial charge in [0.15, 0.2) is 0 Å². The molecular formula is C11H5Br2ClF2S. The molecule has 0 bridgehead atoms. The van der Waals surface area contributed by atoms with Crippen molar-refractivity contribution in [3.8, 4) is 0 Å². The Morgan fingerprint density at radius 2 is 1.82 bits per heavy atom. The summed E-state index contributed by atoms with van der Waals surface area (Å²) in [5.41, 5.74) is 0.877. The molecule has 0 aliphatic heterocycles. The Hall–Kier alpha value is 0.0300. The molecule has 0 amide bonds. The summed E-state index contributed by atoms with van der Waals surface area (Å²) in [5, 5.41) is 1.11. The third-order valence-corrected chi connectivity index (χ3v) is 4.81. The van der Waals surface area contributed by atoms with Crippen molar-refractivity contribution in [3.05, 3.63) is 54.6 Å². The van der Waals surface area contributed by atoms with Crippen molar-refractivity contribution in [3.63, 3.8) is 0 Å². The molecule has 17 heavy (non-hydrogen) atoms. The lowest BCUT2D eigenvalue weighted by atomic mass is 10.1. The van der Waals surface area contributed by atoms with E-state index in [1.165, 1.54) is 11.3 Å². The molecule has 0 saturated heterocycles. The Balaban J connectivity index is 2.43. The first kappa shape index (κ1) is 13.5. The first-order valence-corrected chi connectivity index (χ1v) is 7.41. The minimum atomic E-state index is -0.694. The van der Waals surface area contributed by atoms with Crippen LogP contribution in [-0.4, -0.2) is 0 Å². The number of thiophene rings is 1. The van der Waals surface area contributed by atoms with Crippen LogP contribution >= 0.6 is 54.8 Å². The van der Waals surface area contributed by atoms with Crippen LogP contribution in [0.5, 0.6) is 0 Å². The van der Waals surface area contributed by atoms with Crippen LogP contribution in [-0.2, 0) is 0 Å². The van der Waals surface area contributed by atoms with E-state index in [4.69, 9.17) is 11.6 Å². The highest BCUT2D eigenvalue weighted by Crippen LogP contribution is 2.36. The van der Waals surface area contributed by atoms with Crippen LogP contribution in [0.15, 0.2) is 31.8 Å². The van der Waals surface area contributed by atoms with E-state index in [1.807, 2.05) is 0 Å². The van der Waals surface area contributed by atoms with Gasteiger partial charge in [0, 0.05) is 5.56 Å². The summed E-state index contributed by atoms with van der Waals surface area (Å²) >= 11 is 13.8. The minimum absolute atomic E-state index is 0.0918. The standard InChI is InChI=1S/C11H5Br2ClF2S/c12-7-3-8(15)6(2-9(7)16)11(14)5-1-10(13)17-4-5/h1-4,11H. The topological polar surface area (TPSA) is 0 Å². The van der Waals surface area contributed by atoms with Gasteiger partial charge in [-0.05, 0) is 61.0 Å². The zero-order valence-electron chi connectivity index (χ0n) is 8.18. The van der Waals surface area contributed by atoms with Crippen LogP contribution in [0.25, 0.3) is 0 Å². The highest BCUT2D eigenvalue weighted by atomic mass is 79.9. The second-order valence-corrected chi connectivity index (χ2v) is 6.92. The molecule has 1 heterocycles. The monoisotopic (exact) mass is 400 g/mol. The van der Waals surface area contributed by atoms with E-state index < -0.39 is 17.0 Å². The Labute approximate surface area is 123 Å². The van der Waals surface area contributed by atoms with E-state index in [0.29, 0.717) is 0 Å². The number of benzene rings is 1. The number of hydrogen-bond donors (Lipinski definition) is 0. The first-order valence-electron chi connectivity index (χ1n) is 4.51. The fourth-order valence-electron chi connectivity index (χ4n) is 1.37. The molecule has 90 valence electrons. The van der Waals surface area contributed by atoms with Gasteiger partial charge in [0.05, 0.1) is 13.6 Å². The maximum Gasteiger partial charge on any atom is 0.137 e. The zero-order chi connectivity index (χ0) is 12.6. The molecule has 0 radical (unpaired) electrons. The van der Waals surface area contributed by atoms with Crippen molar-refractivity contribution in [1.29, 1.82) is 0 Å². The van der Waals surface area contributed by atoms with E-state index in [1.54, 1.807) is 11.4 Å². The summed E-state index contributed by atoms with van der Waals surface area (Å²) in [6.45, 7) is 0. The molecule has 0 saturated carbocycles. The summed E-state index contributed by atoms with van der Waals surface area (Å²) in [7, 11) is 0. The van der Waals surface area contributed by atoms with Gasteiger partial charge < -0.3 is 0 Å². The lowest BCUT2D eigenvalue weighted by Gasteiger charge is -2.10. The van der Waals surface area contributed by atoms with Gasteiger partial charge in [0.25, 0.3) is 0 Å². The molecule has 0 aliphatic carbocycles. The first-order chi connectivity index (χ1) is 7.99. The van der Waals surface area contributed by atoms with E-state index in [-0.39, 0.29) is 10.0 Å². The summed E-state index contributed by atoms with van der Waals surface area (Å²) < 4.78 is 28.0. The molecule has 0 spiro atoms. The lowest BCUT2D eigenvalue weighted by Crippen LogP contribution is -1.97. The highest BCUT2D eigenvalue weighted by molar-refractivity contribution is 9.11. The van der Waals surface area contributed by atoms with Crippen molar-refractivity contribution in [2.45, 2.75) is 5.38 Å². The van der Waals surface area contributed by atoms with Gasteiger partial charge in [-0.25, -0.2) is 8.78 Å². The smallest absolute Gasteiger partial charge is 0.137 e. The molecular weight excluding hydrogens is 397 g/mol. The van der Waals surface area contributed by atoms with Crippen molar-refractivity contribution in [2.75, 3.05) is 0 Å². The highest BCUT2D eigenvalue weighted by Gasteiger charge is 2.18. The van der Waals surface area contributed by atoms with Crippen molar-refractivity contribution in [2.24, 2.45) is 0 Å². The predicted octanol–water partition coefficient (Wildman–Crippen LogP) is 5.88. The third kappa shape index (κ3) is 2.89. The largest absolute Gasteiger partial charge is 0.207 e. The average molecular weight is 402 g/mol. The molecule has 1 aromatic heterocycles. The Bertz CT molecular complexity index is 556. The molecule has 6 heteroatoms. The molecule has 1 atom stereocenters. The van der Waals surface area contributed by atoms with Crippen LogP contribution in [0, 0.1) is 11.6 Å². The van der Waals surface area contributed by atoms with Gasteiger partial charge >= 0.3 is 0 Å². The number of hydrogen-bond acceptors (Lipinski definition) is 1. The summed E-state index contributed by atoms with van der Waals surface area (Å²) in [5.74, 6) is -1.05. The normalized spacial score (nSPS) is 12.8. The van der Waals surface area contributed by atoms with E-state index in [9.17, 15) is 8.78 Å². The number of rotatable bonds is 2. The van der Waals surface area contributed by atoms with Crippen molar-refractivity contribution in [1.82, 2.24) is 0 Å². The maximum atomic E-state index is 13.7. The zero-order valence-corrected chi connectivity index (χ0v) is 12.9. The van der Waals surface area contributed by atoms with Gasteiger partial charge in [0.2, 0.25) is 0 Å². The van der Waals surface area contributed by atoms with E-state index >= 15 is 0 Å². The van der Waals surface area contributed by atoms with Crippen LogP contribution in [0.2, 0.25) is 0 Å². The number of halogens is 5. The fourth-order valence-corrected chi connectivity index (χ4v) is 3.25. The van der Waals surface area contributed by atoms with Gasteiger partial charge in [-0.3, -0.25) is 0 Å². The Morgan fingerprint density at radius 1 is 1.12 bits per heavy atom. The van der Waals surface area contributed by atoms with E-state index in [2.05, 4.69) is 31.9 Å². The SMILES string of the molecule is Fc1cc(C(Cl)c2csc(Br)c2)c(F)cc1Br. The van der Waals surface area contributed by atoms with Crippen molar-refractivity contribution < 1.29 is 8.78 Å². The molecule has 0 N–H and O–H groups in total. The minimum Gasteiger partial charge on any atom is -0.207 e. The van der Waals surface area contributed by atoms with Crippen LogP contribution in [0.4, 0.5) is 8.78 Å². The van der Waals surface area contributed by atoms with Crippen molar-refractivity contribution >= 4 is 54.8 Å². The maximum absolute atomic E-state index is 13.7. The fraction of sp³-hybridized carbons (Fsp3) is 0.0909. The molecule has 2 rings (SSSR count). The molecule has 0 nitrogen and oxygen atoms in total. The second kappa shape index (κ2) is 5.34. The summed E-state index contributed by atoms with van der Waals surface area (Å²) in [6, 6.07) is 3.99. The quantitative estimate of drug-likeness (QED) is 0.435. The summed E-state index contributed by atoms with van der Waals surface area (Å²) in [4.78, 5) is 0. The van der Waals surface area contributed by atoms with Crippen LogP contribution < -0.4 is 0 Å². The molecule has 2 aromatic rings. The lowest BCUT2D eigenvalue weighted by molar-refractivity contribution is 0.582. The van der Waals surface area contributed by atoms with Crippen LogP contribution in [0.1, 0.15) is 16.5 Å². The van der Waals surface area contributed by atoms with Gasteiger partial charge in [-0.2, -0.15) is 0 Å². The molecule has 0 fully saturated rings. The molecule has 1 aromatic carbocycles. The molecule has 0 aliphatic rings. The Morgan fingerprint density at radius 3 is 2.41 bits per heavy atom. The number of alkyl halides is 1. The van der Waals surface area contributed by atoms with Gasteiger partial charge in [-0.15, -0.1) is 22.9 Å². The third-order valence-electron chi connectivity index (χ3n) is 2.19. The average Bonchev–Trinajstić information content (AvgIpc) is 2.69.